The van der Waals surface area contributed by atoms with Crippen molar-refractivity contribution in [3.63, 3.8) is 0 Å². The fourth-order valence-corrected chi connectivity index (χ4v) is 7.18. The maximum Gasteiger partial charge on any atom is 0.282 e. The number of halogens is 1. The third-order valence-electron chi connectivity index (χ3n) is 9.83. The van der Waals surface area contributed by atoms with Crippen LogP contribution >= 0.6 is 0 Å². The molecule has 1 aromatic carbocycles. The van der Waals surface area contributed by atoms with Crippen LogP contribution in [0.25, 0.3) is 11.1 Å². The van der Waals surface area contributed by atoms with E-state index in [1.165, 1.54) is 70.1 Å². The summed E-state index contributed by atoms with van der Waals surface area (Å²) in [4.78, 5) is 18.2. The van der Waals surface area contributed by atoms with Crippen LogP contribution < -0.4 is 15.4 Å². The quantitative estimate of drug-likeness (QED) is 0.431. The van der Waals surface area contributed by atoms with Gasteiger partial charge in [-0.25, -0.2) is 19.3 Å². The Hall–Kier alpha value is -3.24. The van der Waals surface area contributed by atoms with Gasteiger partial charge in [0, 0.05) is 48.9 Å². The molecule has 9 nitrogen and oxygen atoms in total. The van der Waals surface area contributed by atoms with Gasteiger partial charge in [-0.2, -0.15) is 0 Å². The number of piperidine rings is 1. The molecule has 1 atom stereocenters. The van der Waals surface area contributed by atoms with Gasteiger partial charge in [0.1, 0.15) is 24.2 Å². The van der Waals surface area contributed by atoms with E-state index in [2.05, 4.69) is 34.9 Å². The second-order valence-corrected chi connectivity index (χ2v) is 12.7. The molecule has 2 saturated carbocycles. The number of ether oxygens (including phenoxy) is 1. The molecule has 2 aliphatic heterocycles. The van der Waals surface area contributed by atoms with Crippen molar-refractivity contribution in [1.29, 1.82) is 0 Å². The number of nitrogens with two attached hydrogens (primary N) is 1. The summed E-state index contributed by atoms with van der Waals surface area (Å²) in [6.45, 7) is 5.29. The van der Waals surface area contributed by atoms with Crippen molar-refractivity contribution in [2.24, 2.45) is 17.1 Å². The third-order valence-corrected chi connectivity index (χ3v) is 9.83. The Bertz CT molecular complexity index is 1370. The topological polar surface area (TPSA) is 106 Å². The molecule has 2 N–H and O–H groups in total. The molecule has 2 saturated heterocycles. The molecule has 2 aromatic heterocycles. The molecule has 4 fully saturated rings. The summed E-state index contributed by atoms with van der Waals surface area (Å²) in [5.41, 5.74) is 9.06. The minimum absolute atomic E-state index is 0.334. The Morgan fingerprint density at radius 1 is 0.951 bits per heavy atom. The van der Waals surface area contributed by atoms with Crippen molar-refractivity contribution in [2.75, 3.05) is 37.6 Å². The lowest BCUT2D eigenvalue weighted by Gasteiger charge is -2.46. The average Bonchev–Trinajstić information content (AvgIpc) is 3.75. The standard InChI is InChI=1S/C31H39FN8O/c32-23-3-4-27(25(15-23)26-16-34-19-35-28(26)22-1-2-22)41-30-29(36-20-37-38-30)40-12-7-21(18-40)17-39-13-10-31(11-14-39)8-5-24(33)6-9-31/h3-4,15-16,19-22,24H,1-2,5-14,17-18,33H2/t21-/m0/s1. The van der Waals surface area contributed by atoms with E-state index in [0.717, 1.165) is 50.2 Å². The highest BCUT2D eigenvalue weighted by molar-refractivity contribution is 5.73. The molecule has 4 heterocycles. The number of rotatable bonds is 7. The molecular weight excluding hydrogens is 519 g/mol. The van der Waals surface area contributed by atoms with Gasteiger partial charge in [-0.3, -0.25) is 0 Å². The number of hydrogen-bond acceptors (Lipinski definition) is 9. The number of hydrogen-bond donors (Lipinski definition) is 1. The molecule has 4 aliphatic rings. The lowest BCUT2D eigenvalue weighted by molar-refractivity contribution is 0.0567. The minimum atomic E-state index is -0.339. The van der Waals surface area contributed by atoms with E-state index in [1.54, 1.807) is 18.6 Å². The van der Waals surface area contributed by atoms with E-state index in [0.29, 0.717) is 46.3 Å². The minimum Gasteiger partial charge on any atom is -0.434 e. The van der Waals surface area contributed by atoms with Crippen LogP contribution in [0.1, 0.15) is 69.4 Å². The number of benzene rings is 1. The normalized spacial score (nSPS) is 23.3. The molecule has 0 unspecified atom stereocenters. The smallest absolute Gasteiger partial charge is 0.282 e. The summed E-state index contributed by atoms with van der Waals surface area (Å²) in [5.74, 6) is 2.12. The van der Waals surface area contributed by atoms with Crippen LogP contribution in [0.15, 0.2) is 37.1 Å². The van der Waals surface area contributed by atoms with Gasteiger partial charge < -0.3 is 20.3 Å². The molecule has 1 spiro atoms. The molecule has 41 heavy (non-hydrogen) atoms. The van der Waals surface area contributed by atoms with Gasteiger partial charge in [0.15, 0.2) is 5.82 Å². The van der Waals surface area contributed by atoms with Crippen LogP contribution in [0.5, 0.6) is 11.6 Å². The Labute approximate surface area is 240 Å². The monoisotopic (exact) mass is 558 g/mol. The van der Waals surface area contributed by atoms with Crippen LogP contribution in [0.3, 0.4) is 0 Å². The zero-order chi connectivity index (χ0) is 27.8. The van der Waals surface area contributed by atoms with E-state index in [9.17, 15) is 4.39 Å². The summed E-state index contributed by atoms with van der Waals surface area (Å²) in [7, 11) is 0. The maximum atomic E-state index is 14.4. The first-order chi connectivity index (χ1) is 20.1. The SMILES string of the molecule is NC1CCC2(CC1)CCN(C[C@@H]1CCN(c3ncnnc3Oc3ccc(F)cc3-c3cncnc3C3CC3)C1)CC2. The van der Waals surface area contributed by atoms with E-state index in [-0.39, 0.29) is 5.82 Å². The van der Waals surface area contributed by atoms with Gasteiger partial charge in [0.2, 0.25) is 0 Å². The molecule has 0 bridgehead atoms. The summed E-state index contributed by atoms with van der Waals surface area (Å²) < 4.78 is 20.8. The fourth-order valence-electron chi connectivity index (χ4n) is 7.18. The molecule has 2 aliphatic carbocycles. The van der Waals surface area contributed by atoms with Gasteiger partial charge in [-0.05, 0) is 100 Å². The maximum absolute atomic E-state index is 14.4. The Balaban J connectivity index is 1.04. The van der Waals surface area contributed by atoms with Crippen LogP contribution in [0.2, 0.25) is 0 Å². The van der Waals surface area contributed by atoms with Gasteiger partial charge in [-0.15, -0.1) is 10.2 Å². The molecule has 0 amide bonds. The van der Waals surface area contributed by atoms with Crippen LogP contribution in [-0.4, -0.2) is 68.8 Å². The van der Waals surface area contributed by atoms with Gasteiger partial charge in [-0.1, -0.05) is 0 Å². The molecule has 216 valence electrons. The molecule has 7 rings (SSSR count). The van der Waals surface area contributed by atoms with Crippen molar-refractivity contribution in [3.05, 3.63) is 48.6 Å². The van der Waals surface area contributed by atoms with Crippen LogP contribution in [-0.2, 0) is 0 Å². The highest BCUT2D eigenvalue weighted by Crippen LogP contribution is 2.46. The first-order valence-electron chi connectivity index (χ1n) is 15.2. The Morgan fingerprint density at radius 2 is 1.78 bits per heavy atom. The molecule has 0 radical (unpaired) electrons. The molecule has 3 aromatic rings. The Kier molecular flexibility index (Phi) is 7.28. The predicted octanol–water partition coefficient (Wildman–Crippen LogP) is 4.95. The summed E-state index contributed by atoms with van der Waals surface area (Å²) in [5, 5.41) is 8.34. The summed E-state index contributed by atoms with van der Waals surface area (Å²) in [6.07, 6.45) is 15.6. The van der Waals surface area contributed by atoms with Crippen molar-refractivity contribution in [1.82, 2.24) is 30.0 Å². The highest BCUT2D eigenvalue weighted by atomic mass is 19.1. The number of nitrogens with zero attached hydrogens (tertiary/aromatic N) is 7. The average molecular weight is 559 g/mol. The van der Waals surface area contributed by atoms with E-state index in [1.807, 2.05) is 0 Å². The zero-order valence-corrected chi connectivity index (χ0v) is 23.6. The van der Waals surface area contributed by atoms with Crippen LogP contribution in [0, 0.1) is 17.2 Å². The summed E-state index contributed by atoms with van der Waals surface area (Å²) in [6, 6.07) is 4.94. The van der Waals surface area contributed by atoms with E-state index < -0.39 is 0 Å². The first-order valence-corrected chi connectivity index (χ1v) is 15.2. The largest absolute Gasteiger partial charge is 0.434 e. The predicted molar refractivity (Wildman–Crippen MR) is 154 cm³/mol. The number of aromatic nitrogens is 5. The van der Waals surface area contributed by atoms with Crippen molar-refractivity contribution >= 4 is 5.82 Å². The van der Waals surface area contributed by atoms with Crippen molar-refractivity contribution in [2.45, 2.75) is 69.7 Å². The Morgan fingerprint density at radius 3 is 2.59 bits per heavy atom. The zero-order valence-electron chi connectivity index (χ0n) is 23.6. The fraction of sp³-hybridized carbons (Fsp3) is 0.581. The number of anilines is 1. The van der Waals surface area contributed by atoms with Gasteiger partial charge >= 0.3 is 0 Å². The number of likely N-dealkylation sites (tertiary alicyclic amines) is 1. The highest BCUT2D eigenvalue weighted by Gasteiger charge is 2.38. The lowest BCUT2D eigenvalue weighted by Crippen LogP contribution is -2.45. The van der Waals surface area contributed by atoms with Gasteiger partial charge in [0.05, 0.1) is 5.69 Å². The van der Waals surface area contributed by atoms with Gasteiger partial charge in [0.25, 0.3) is 5.88 Å². The van der Waals surface area contributed by atoms with Crippen LogP contribution in [0.4, 0.5) is 10.2 Å². The second kappa shape index (κ2) is 11.2. The summed E-state index contributed by atoms with van der Waals surface area (Å²) >= 11 is 0. The first kappa shape index (κ1) is 26.6. The second-order valence-electron chi connectivity index (χ2n) is 12.7. The van der Waals surface area contributed by atoms with Crippen molar-refractivity contribution in [3.8, 4) is 22.8 Å². The lowest BCUT2D eigenvalue weighted by atomic mass is 9.67. The molecule has 10 heteroatoms. The molecular formula is C31H39FN8O. The van der Waals surface area contributed by atoms with Crippen molar-refractivity contribution < 1.29 is 9.13 Å². The van der Waals surface area contributed by atoms with E-state index >= 15 is 0 Å². The van der Waals surface area contributed by atoms with E-state index in [4.69, 9.17) is 10.5 Å². The third kappa shape index (κ3) is 5.77.